The molecule has 0 aromatic rings. The van der Waals surface area contributed by atoms with Crippen molar-refractivity contribution in [2.24, 2.45) is 0 Å². The van der Waals surface area contributed by atoms with Crippen LogP contribution in [0.15, 0.2) is 0 Å². The van der Waals surface area contributed by atoms with E-state index in [9.17, 15) is 19.8 Å². The average molecular weight is 1310 g/mol. The zero-order valence-corrected chi connectivity index (χ0v) is 64.0. The summed E-state index contributed by atoms with van der Waals surface area (Å²) in [5.74, 6) is 0.00681. The molecule has 0 aromatic heterocycles. The number of aliphatic hydroxyl groups excluding tert-OH is 2. The standard InChI is InChI=1S/C87H173NO5/c1-3-5-7-9-11-13-15-17-19-21-23-41-44-47-51-55-59-63-67-71-75-79-85(90)84(83-89)88-86(91)80-76-72-68-64-60-56-52-48-45-42-39-37-35-33-31-29-27-25-24-26-28-30-32-34-36-38-40-43-46-50-54-58-62-66-70-74-78-82-93-87(92)81-77-73-69-65-61-57-53-49-22-20-18-16-14-12-10-8-6-4-2/h84-85,89-90H,3-83H2,1-2H3,(H,88,91). The molecule has 93 heavy (non-hydrogen) atoms. The number of hydrogen-bond donors (Lipinski definition) is 3. The van der Waals surface area contributed by atoms with Crippen LogP contribution in [0.1, 0.15) is 521 Å². The molecule has 0 fully saturated rings. The van der Waals surface area contributed by atoms with E-state index in [2.05, 4.69) is 19.2 Å². The van der Waals surface area contributed by atoms with Gasteiger partial charge in [-0.3, -0.25) is 9.59 Å². The normalized spacial score (nSPS) is 12.3. The topological polar surface area (TPSA) is 95.9 Å². The predicted molar refractivity (Wildman–Crippen MR) is 412 cm³/mol. The van der Waals surface area contributed by atoms with Gasteiger partial charge in [0.2, 0.25) is 5.91 Å². The number of carbonyl (C=O) groups excluding carboxylic acids is 2. The first-order chi connectivity index (χ1) is 46.0. The Kier molecular flexibility index (Phi) is 82.3. The Balaban J connectivity index is 3.29. The second kappa shape index (κ2) is 83.3. The second-order valence-electron chi connectivity index (χ2n) is 30.6. The van der Waals surface area contributed by atoms with Crippen molar-refractivity contribution in [3.8, 4) is 0 Å². The summed E-state index contributed by atoms with van der Waals surface area (Å²) in [5, 5.41) is 23.5. The molecule has 3 N–H and O–H groups in total. The summed E-state index contributed by atoms with van der Waals surface area (Å²) in [5.41, 5.74) is 0. The van der Waals surface area contributed by atoms with Crippen LogP contribution >= 0.6 is 0 Å². The van der Waals surface area contributed by atoms with E-state index in [4.69, 9.17) is 4.74 Å². The van der Waals surface area contributed by atoms with Crippen LogP contribution in [0.2, 0.25) is 0 Å². The Hall–Kier alpha value is -1.14. The molecule has 0 radical (unpaired) electrons. The molecule has 0 bridgehead atoms. The lowest BCUT2D eigenvalue weighted by molar-refractivity contribution is -0.143. The van der Waals surface area contributed by atoms with Crippen LogP contribution in [0, 0.1) is 0 Å². The molecular formula is C87H173NO5. The maximum absolute atomic E-state index is 12.6. The van der Waals surface area contributed by atoms with E-state index in [0.717, 1.165) is 38.5 Å². The van der Waals surface area contributed by atoms with Crippen molar-refractivity contribution in [1.29, 1.82) is 0 Å². The zero-order chi connectivity index (χ0) is 67.0. The van der Waals surface area contributed by atoms with Crippen LogP contribution in [0.3, 0.4) is 0 Å². The number of aliphatic hydroxyl groups is 2. The molecule has 0 aliphatic carbocycles. The Morgan fingerprint density at radius 3 is 0.656 bits per heavy atom. The van der Waals surface area contributed by atoms with Gasteiger partial charge in [-0.2, -0.15) is 0 Å². The molecule has 0 spiro atoms. The summed E-state index contributed by atoms with van der Waals surface area (Å²) in [6.45, 7) is 5.03. The maximum atomic E-state index is 12.6. The maximum Gasteiger partial charge on any atom is 0.305 e. The van der Waals surface area contributed by atoms with Gasteiger partial charge in [0.15, 0.2) is 0 Å². The van der Waals surface area contributed by atoms with E-state index in [1.165, 1.54) is 449 Å². The van der Waals surface area contributed by atoms with Gasteiger partial charge < -0.3 is 20.3 Å². The first kappa shape index (κ1) is 91.9. The van der Waals surface area contributed by atoms with Gasteiger partial charge in [-0.15, -0.1) is 0 Å². The number of ether oxygens (including phenoxy) is 1. The molecular weight excluding hydrogens is 1140 g/mol. The molecule has 0 saturated carbocycles. The predicted octanol–water partition coefficient (Wildman–Crippen LogP) is 29.2. The Morgan fingerprint density at radius 2 is 0.441 bits per heavy atom. The number of hydrogen-bond acceptors (Lipinski definition) is 5. The first-order valence-electron chi connectivity index (χ1n) is 43.8. The fourth-order valence-electron chi connectivity index (χ4n) is 14.5. The lowest BCUT2D eigenvalue weighted by Crippen LogP contribution is -2.45. The highest BCUT2D eigenvalue weighted by Gasteiger charge is 2.20. The molecule has 556 valence electrons. The minimum atomic E-state index is -0.660. The summed E-state index contributed by atoms with van der Waals surface area (Å²) in [6.07, 6.45) is 105. The molecule has 0 aliphatic heterocycles. The van der Waals surface area contributed by atoms with Crippen molar-refractivity contribution < 1.29 is 24.5 Å². The minimum absolute atomic E-state index is 0.0227. The SMILES string of the molecule is CCCCCCCCCCCCCCCCCCCCCCCC(O)C(CO)NC(=O)CCCCCCCCCCCCCCCCCCCCCCCCCCCCCCCCCCCCCCCOC(=O)CCCCCCCCCCCCCCCCCCCC. The quantitative estimate of drug-likeness (QED) is 0.0417. The molecule has 2 atom stereocenters. The number of esters is 1. The van der Waals surface area contributed by atoms with Gasteiger partial charge in [0.1, 0.15) is 0 Å². The number of rotatable bonds is 84. The monoisotopic (exact) mass is 1310 g/mol. The number of nitrogens with one attached hydrogen (secondary N) is 1. The van der Waals surface area contributed by atoms with Gasteiger partial charge >= 0.3 is 5.97 Å². The lowest BCUT2D eigenvalue weighted by atomic mass is 10.0. The Morgan fingerprint density at radius 1 is 0.258 bits per heavy atom. The number of amides is 1. The van der Waals surface area contributed by atoms with Crippen molar-refractivity contribution in [1.82, 2.24) is 5.32 Å². The molecule has 0 aromatic carbocycles. The molecule has 0 rings (SSSR count). The fraction of sp³-hybridized carbons (Fsp3) is 0.977. The third kappa shape index (κ3) is 79.7. The molecule has 0 aliphatic rings. The zero-order valence-electron chi connectivity index (χ0n) is 64.0. The largest absolute Gasteiger partial charge is 0.466 e. The average Bonchev–Trinajstić information content (AvgIpc) is 3.78. The summed E-state index contributed by atoms with van der Waals surface area (Å²) < 4.78 is 5.53. The highest BCUT2D eigenvalue weighted by atomic mass is 16.5. The summed E-state index contributed by atoms with van der Waals surface area (Å²) in [4.78, 5) is 24.7. The van der Waals surface area contributed by atoms with E-state index in [1.807, 2.05) is 0 Å². The van der Waals surface area contributed by atoms with Gasteiger partial charge in [0, 0.05) is 12.8 Å². The first-order valence-corrected chi connectivity index (χ1v) is 43.8. The van der Waals surface area contributed by atoms with Gasteiger partial charge in [-0.05, 0) is 25.7 Å². The Bertz CT molecular complexity index is 1370. The summed E-state index contributed by atoms with van der Waals surface area (Å²) in [6, 6.07) is -0.537. The van der Waals surface area contributed by atoms with E-state index in [1.54, 1.807) is 0 Å². The third-order valence-electron chi connectivity index (χ3n) is 21.2. The molecule has 0 saturated heterocycles. The molecule has 6 heteroatoms. The smallest absolute Gasteiger partial charge is 0.305 e. The second-order valence-corrected chi connectivity index (χ2v) is 30.6. The van der Waals surface area contributed by atoms with E-state index < -0.39 is 12.1 Å². The van der Waals surface area contributed by atoms with Gasteiger partial charge in [0.25, 0.3) is 0 Å². The van der Waals surface area contributed by atoms with Crippen LogP contribution in [0.25, 0.3) is 0 Å². The molecule has 6 nitrogen and oxygen atoms in total. The third-order valence-corrected chi connectivity index (χ3v) is 21.2. The molecule has 0 heterocycles. The van der Waals surface area contributed by atoms with Crippen LogP contribution in [0.4, 0.5) is 0 Å². The summed E-state index contributed by atoms with van der Waals surface area (Å²) in [7, 11) is 0. The van der Waals surface area contributed by atoms with Gasteiger partial charge in [-0.1, -0.05) is 483 Å². The van der Waals surface area contributed by atoms with Crippen molar-refractivity contribution in [2.75, 3.05) is 13.2 Å². The van der Waals surface area contributed by atoms with Crippen molar-refractivity contribution in [3.05, 3.63) is 0 Å². The van der Waals surface area contributed by atoms with Gasteiger partial charge in [0.05, 0.1) is 25.4 Å². The molecule has 2 unspecified atom stereocenters. The number of unbranched alkanes of at least 4 members (excludes halogenated alkanes) is 73. The van der Waals surface area contributed by atoms with E-state index >= 15 is 0 Å². The molecule has 1 amide bonds. The minimum Gasteiger partial charge on any atom is -0.466 e. The lowest BCUT2D eigenvalue weighted by Gasteiger charge is -2.22. The van der Waals surface area contributed by atoms with Crippen LogP contribution < -0.4 is 5.32 Å². The van der Waals surface area contributed by atoms with Crippen LogP contribution in [-0.2, 0) is 14.3 Å². The van der Waals surface area contributed by atoms with E-state index in [-0.39, 0.29) is 18.5 Å². The van der Waals surface area contributed by atoms with Crippen molar-refractivity contribution in [2.45, 2.75) is 533 Å². The van der Waals surface area contributed by atoms with Crippen molar-refractivity contribution in [3.63, 3.8) is 0 Å². The van der Waals surface area contributed by atoms with Gasteiger partial charge in [-0.25, -0.2) is 0 Å². The van der Waals surface area contributed by atoms with Crippen molar-refractivity contribution >= 4 is 11.9 Å². The number of carbonyl (C=O) groups is 2. The fourth-order valence-corrected chi connectivity index (χ4v) is 14.5. The Labute approximate surface area is 585 Å². The van der Waals surface area contributed by atoms with Crippen LogP contribution in [-0.4, -0.2) is 47.4 Å². The highest BCUT2D eigenvalue weighted by Crippen LogP contribution is 2.22. The highest BCUT2D eigenvalue weighted by molar-refractivity contribution is 5.76. The van der Waals surface area contributed by atoms with E-state index in [0.29, 0.717) is 25.9 Å². The summed E-state index contributed by atoms with van der Waals surface area (Å²) >= 11 is 0. The van der Waals surface area contributed by atoms with Crippen LogP contribution in [0.5, 0.6) is 0 Å².